The van der Waals surface area contributed by atoms with Crippen molar-refractivity contribution in [3.05, 3.63) is 54.6 Å². The van der Waals surface area contributed by atoms with E-state index in [1.54, 1.807) is 35.2 Å². The number of piperidine rings is 1. The highest BCUT2D eigenvalue weighted by Crippen LogP contribution is 2.37. The number of nitrogens with one attached hydrogen (secondary N) is 2. The lowest BCUT2D eigenvalue weighted by Gasteiger charge is -2.36. The van der Waals surface area contributed by atoms with E-state index in [0.717, 1.165) is 0 Å². The first kappa shape index (κ1) is 23.7. The molecule has 2 N–H and O–H groups in total. The molecule has 2 aliphatic rings. The molecule has 0 saturated carbocycles. The molecule has 2 aliphatic heterocycles. The minimum atomic E-state index is -4.79. The Balaban J connectivity index is 1.51. The van der Waals surface area contributed by atoms with Crippen LogP contribution in [0.15, 0.2) is 54.6 Å². The van der Waals surface area contributed by atoms with Crippen LogP contribution in [0.5, 0.6) is 0 Å². The Morgan fingerprint density at radius 3 is 2.50 bits per heavy atom. The maximum atomic E-state index is 13.9. The van der Waals surface area contributed by atoms with Crippen molar-refractivity contribution >= 4 is 34.8 Å². The summed E-state index contributed by atoms with van der Waals surface area (Å²) in [4.78, 5) is 40.5. The largest absolute Gasteiger partial charge is 0.409 e. The summed E-state index contributed by atoms with van der Waals surface area (Å²) in [7, 11) is 0. The van der Waals surface area contributed by atoms with Gasteiger partial charge in [-0.15, -0.1) is 0 Å². The molecule has 2 atom stereocenters. The maximum Gasteiger partial charge on any atom is 0.409 e. The van der Waals surface area contributed by atoms with Gasteiger partial charge in [-0.1, -0.05) is 30.3 Å². The van der Waals surface area contributed by atoms with E-state index in [1.165, 1.54) is 18.2 Å². The third kappa shape index (κ3) is 5.39. The zero-order chi connectivity index (χ0) is 24.3. The molecule has 2 heterocycles. The number of hydrogen-bond acceptors (Lipinski definition) is 4. The second-order valence-corrected chi connectivity index (χ2v) is 8.52. The molecule has 1 saturated heterocycles. The Hall–Kier alpha value is -3.40. The number of benzene rings is 2. The third-order valence-electron chi connectivity index (χ3n) is 6.05. The summed E-state index contributed by atoms with van der Waals surface area (Å²) in [5.41, 5.74) is 0.828. The molecule has 1 fully saturated rings. The zero-order valence-corrected chi connectivity index (χ0v) is 18.3. The van der Waals surface area contributed by atoms with Crippen LogP contribution in [0.2, 0.25) is 0 Å². The molecule has 2 unspecified atom stereocenters. The fourth-order valence-corrected chi connectivity index (χ4v) is 4.44. The Labute approximate surface area is 194 Å². The molecule has 0 spiro atoms. The lowest BCUT2D eigenvalue weighted by molar-refractivity contribution is -0.158. The van der Waals surface area contributed by atoms with E-state index in [-0.39, 0.29) is 36.3 Å². The van der Waals surface area contributed by atoms with Gasteiger partial charge in [-0.25, -0.2) is 0 Å². The van der Waals surface area contributed by atoms with Crippen LogP contribution in [0.4, 0.5) is 30.2 Å². The number of rotatable bonds is 4. The highest BCUT2D eigenvalue weighted by Gasteiger charge is 2.49. The Bertz CT molecular complexity index is 1060. The fourth-order valence-electron chi connectivity index (χ4n) is 4.44. The van der Waals surface area contributed by atoms with Crippen molar-refractivity contribution in [1.29, 1.82) is 0 Å². The summed E-state index contributed by atoms with van der Waals surface area (Å²) in [5, 5.41) is 5.31. The number of nitrogens with zero attached hydrogens (tertiary/aromatic N) is 2. The number of carbonyl (C=O) groups excluding carboxylic acids is 3. The van der Waals surface area contributed by atoms with Gasteiger partial charge in [0.05, 0.1) is 30.3 Å². The van der Waals surface area contributed by atoms with Crippen molar-refractivity contribution in [3.8, 4) is 0 Å². The van der Waals surface area contributed by atoms with Crippen LogP contribution in [0.25, 0.3) is 0 Å². The first-order valence-corrected chi connectivity index (χ1v) is 11.1. The van der Waals surface area contributed by atoms with Gasteiger partial charge in [-0.3, -0.25) is 24.2 Å². The molecule has 4 rings (SSSR count). The summed E-state index contributed by atoms with van der Waals surface area (Å²) in [5.74, 6) is -2.15. The first-order chi connectivity index (χ1) is 16.2. The van der Waals surface area contributed by atoms with Crippen LogP contribution in [0.1, 0.15) is 19.3 Å². The van der Waals surface area contributed by atoms with Crippen molar-refractivity contribution in [3.63, 3.8) is 0 Å². The monoisotopic (exact) mass is 474 g/mol. The predicted molar refractivity (Wildman–Crippen MR) is 121 cm³/mol. The van der Waals surface area contributed by atoms with Gasteiger partial charge in [0.2, 0.25) is 17.7 Å². The molecule has 0 radical (unpaired) electrons. The van der Waals surface area contributed by atoms with Gasteiger partial charge in [0.1, 0.15) is 6.04 Å². The number of carbonyl (C=O) groups is 3. The average Bonchev–Trinajstić information content (AvgIpc) is 2.95. The van der Waals surface area contributed by atoms with E-state index in [2.05, 4.69) is 10.6 Å². The molecule has 34 heavy (non-hydrogen) atoms. The van der Waals surface area contributed by atoms with Crippen LogP contribution in [-0.4, -0.2) is 54.5 Å². The quantitative estimate of drug-likeness (QED) is 0.709. The summed E-state index contributed by atoms with van der Waals surface area (Å²) >= 11 is 0. The summed E-state index contributed by atoms with van der Waals surface area (Å²) < 4.78 is 41.7. The first-order valence-electron chi connectivity index (χ1n) is 11.1. The number of para-hydroxylation sites is 3. The molecule has 3 amide bonds. The number of alkyl halides is 3. The molecule has 0 aromatic heterocycles. The van der Waals surface area contributed by atoms with Crippen molar-refractivity contribution in [2.45, 2.75) is 31.5 Å². The number of halogens is 3. The normalized spacial score (nSPS) is 21.3. The highest BCUT2D eigenvalue weighted by atomic mass is 19.4. The van der Waals surface area contributed by atoms with Crippen LogP contribution in [-0.2, 0) is 14.4 Å². The summed E-state index contributed by atoms with van der Waals surface area (Å²) in [6.45, 7) is 0.461. The number of anilines is 3. The zero-order valence-electron chi connectivity index (χ0n) is 18.3. The Morgan fingerprint density at radius 1 is 1.06 bits per heavy atom. The molecule has 2 aromatic rings. The van der Waals surface area contributed by atoms with Crippen LogP contribution >= 0.6 is 0 Å². The van der Waals surface area contributed by atoms with Crippen LogP contribution in [0.3, 0.4) is 0 Å². The van der Waals surface area contributed by atoms with Gasteiger partial charge in [0.25, 0.3) is 0 Å². The molecule has 0 bridgehead atoms. The molecule has 10 heteroatoms. The number of fused-ring (bicyclic) bond motifs is 1. The standard InChI is InChI=1S/C24H25F3N4O3/c25-24(26,27)20-13-21(32)29-18-10-4-5-11-19(18)31(20)22(33)15-30-12-6-7-16(14-30)23(34)28-17-8-2-1-3-9-17/h1-5,8-11,16,20H,6-7,12-15H2,(H,28,34)(H,29,32). The van der Waals surface area contributed by atoms with E-state index in [1.807, 2.05) is 6.07 Å². The highest BCUT2D eigenvalue weighted by molar-refractivity contribution is 6.05. The van der Waals surface area contributed by atoms with Gasteiger partial charge in [0, 0.05) is 12.2 Å². The second-order valence-electron chi connectivity index (χ2n) is 8.52. The molecule has 0 aliphatic carbocycles. The molecule has 7 nitrogen and oxygen atoms in total. The number of hydrogen-bond donors (Lipinski definition) is 2. The molecule has 180 valence electrons. The van der Waals surface area contributed by atoms with Crippen LogP contribution in [0, 0.1) is 5.92 Å². The smallest absolute Gasteiger partial charge is 0.326 e. The van der Waals surface area contributed by atoms with Crippen molar-refractivity contribution in [1.82, 2.24) is 4.90 Å². The van der Waals surface area contributed by atoms with E-state index in [4.69, 9.17) is 0 Å². The molecular weight excluding hydrogens is 449 g/mol. The Kier molecular flexibility index (Phi) is 6.87. The molecular formula is C24H25F3N4O3. The average molecular weight is 474 g/mol. The molecule has 2 aromatic carbocycles. The number of amides is 3. The SMILES string of the molecule is O=C1CC(C(F)(F)F)N(C(=O)CN2CCCC(C(=O)Nc3ccccc3)C2)c2ccccc2N1. The predicted octanol–water partition coefficient (Wildman–Crippen LogP) is 3.64. The summed E-state index contributed by atoms with van der Waals surface area (Å²) in [6.07, 6.45) is -4.41. The van der Waals surface area contributed by atoms with Crippen LogP contribution < -0.4 is 15.5 Å². The second kappa shape index (κ2) is 9.84. The maximum absolute atomic E-state index is 13.9. The number of likely N-dealkylation sites (tertiary alicyclic amines) is 1. The third-order valence-corrected chi connectivity index (χ3v) is 6.05. The minimum Gasteiger partial charge on any atom is -0.326 e. The van der Waals surface area contributed by atoms with Gasteiger partial charge in [0.15, 0.2) is 0 Å². The van der Waals surface area contributed by atoms with Gasteiger partial charge in [-0.05, 0) is 43.7 Å². The van der Waals surface area contributed by atoms with Gasteiger partial charge < -0.3 is 10.6 Å². The lowest BCUT2D eigenvalue weighted by atomic mass is 9.97. The van der Waals surface area contributed by atoms with Gasteiger partial charge in [-0.2, -0.15) is 13.2 Å². The fraction of sp³-hybridized carbons (Fsp3) is 0.375. The lowest BCUT2D eigenvalue weighted by Crippen LogP contribution is -2.53. The van der Waals surface area contributed by atoms with Crippen molar-refractivity contribution in [2.75, 3.05) is 35.2 Å². The summed E-state index contributed by atoms with van der Waals surface area (Å²) in [6, 6.07) is 12.7. The topological polar surface area (TPSA) is 81.8 Å². The van der Waals surface area contributed by atoms with E-state index in [0.29, 0.717) is 30.0 Å². The van der Waals surface area contributed by atoms with Crippen molar-refractivity contribution < 1.29 is 27.6 Å². The van der Waals surface area contributed by atoms with Crippen molar-refractivity contribution in [2.24, 2.45) is 5.92 Å². The Morgan fingerprint density at radius 2 is 1.76 bits per heavy atom. The van der Waals surface area contributed by atoms with E-state index in [9.17, 15) is 27.6 Å². The van der Waals surface area contributed by atoms with E-state index < -0.39 is 30.5 Å². The van der Waals surface area contributed by atoms with E-state index >= 15 is 0 Å². The minimum absolute atomic E-state index is 0.0102. The van der Waals surface area contributed by atoms with Gasteiger partial charge >= 0.3 is 6.18 Å².